The molecule has 0 unspecified atom stereocenters. The van der Waals surface area contributed by atoms with Gasteiger partial charge in [-0.3, -0.25) is 9.69 Å². The van der Waals surface area contributed by atoms with Crippen LogP contribution in [0.25, 0.3) is 0 Å². The third-order valence-electron chi connectivity index (χ3n) is 4.74. The number of hydrogen-bond donors (Lipinski definition) is 0. The lowest BCUT2D eigenvalue weighted by Crippen LogP contribution is -2.48. The van der Waals surface area contributed by atoms with Crippen LogP contribution in [0.2, 0.25) is 5.02 Å². The molecule has 0 atom stereocenters. The van der Waals surface area contributed by atoms with Crippen molar-refractivity contribution in [2.75, 3.05) is 38.7 Å². The zero-order valence-electron chi connectivity index (χ0n) is 14.9. The van der Waals surface area contributed by atoms with E-state index in [1.807, 2.05) is 41.3 Å². The van der Waals surface area contributed by atoms with Gasteiger partial charge >= 0.3 is 0 Å². The zero-order valence-corrected chi connectivity index (χ0v) is 16.5. The Bertz CT molecular complexity index is 807. The van der Waals surface area contributed by atoms with E-state index in [1.165, 1.54) is 5.56 Å². The second kappa shape index (κ2) is 8.42. The molecule has 0 aromatic heterocycles. The zero-order chi connectivity index (χ0) is 18.6. The first-order chi connectivity index (χ1) is 13.2. The number of nitrogens with zero attached hydrogens (tertiary/aromatic N) is 2. The van der Waals surface area contributed by atoms with Crippen LogP contribution in [0.4, 0.5) is 0 Å². The Labute approximate surface area is 168 Å². The molecule has 1 amide bonds. The smallest absolute Gasteiger partial charge is 0.233 e. The second-order valence-electron chi connectivity index (χ2n) is 6.59. The van der Waals surface area contributed by atoms with E-state index in [0.717, 1.165) is 49.1 Å². The Morgan fingerprint density at radius 2 is 1.74 bits per heavy atom. The standard InChI is InChI=1S/C20H21ClN2O3S/c21-16-2-4-17(5-3-16)27-13-20(24)23-9-7-22(8-10-23)12-15-1-6-18-19(11-15)26-14-25-18/h1-6,11H,7-10,12-14H2. The van der Waals surface area contributed by atoms with Crippen LogP contribution in [0.15, 0.2) is 47.4 Å². The van der Waals surface area contributed by atoms with E-state index in [1.54, 1.807) is 11.8 Å². The van der Waals surface area contributed by atoms with Crippen LogP contribution in [0.5, 0.6) is 11.5 Å². The Hall–Kier alpha value is -1.89. The van der Waals surface area contributed by atoms with Gasteiger partial charge in [0.25, 0.3) is 0 Å². The van der Waals surface area contributed by atoms with Gasteiger partial charge in [0, 0.05) is 42.6 Å². The van der Waals surface area contributed by atoms with Crippen molar-refractivity contribution in [3.63, 3.8) is 0 Å². The van der Waals surface area contributed by atoms with Crippen molar-refractivity contribution in [1.29, 1.82) is 0 Å². The Morgan fingerprint density at radius 1 is 1.00 bits per heavy atom. The van der Waals surface area contributed by atoms with Crippen molar-refractivity contribution in [1.82, 2.24) is 9.80 Å². The minimum atomic E-state index is 0.192. The number of halogens is 1. The van der Waals surface area contributed by atoms with Gasteiger partial charge in [0.05, 0.1) is 5.75 Å². The van der Waals surface area contributed by atoms with Crippen molar-refractivity contribution in [3.05, 3.63) is 53.1 Å². The van der Waals surface area contributed by atoms with Crippen LogP contribution >= 0.6 is 23.4 Å². The van der Waals surface area contributed by atoms with E-state index in [-0.39, 0.29) is 5.91 Å². The summed E-state index contributed by atoms with van der Waals surface area (Å²) in [7, 11) is 0. The molecule has 0 bridgehead atoms. The fraction of sp³-hybridized carbons (Fsp3) is 0.350. The summed E-state index contributed by atoms with van der Waals surface area (Å²) < 4.78 is 10.8. The van der Waals surface area contributed by atoms with Gasteiger partial charge in [-0.2, -0.15) is 0 Å². The summed E-state index contributed by atoms with van der Waals surface area (Å²) in [6.45, 7) is 4.46. The number of thioether (sulfide) groups is 1. The van der Waals surface area contributed by atoms with Gasteiger partial charge in [0.2, 0.25) is 12.7 Å². The molecule has 0 saturated carbocycles. The molecule has 0 spiro atoms. The number of amides is 1. The van der Waals surface area contributed by atoms with Crippen LogP contribution in [-0.4, -0.2) is 54.4 Å². The molecule has 1 saturated heterocycles. The number of carbonyl (C=O) groups is 1. The number of carbonyl (C=O) groups excluding carboxylic acids is 1. The highest BCUT2D eigenvalue weighted by Gasteiger charge is 2.22. The molecule has 4 rings (SSSR count). The topological polar surface area (TPSA) is 42.0 Å². The summed E-state index contributed by atoms with van der Waals surface area (Å²) in [6, 6.07) is 13.7. The first-order valence-electron chi connectivity index (χ1n) is 8.94. The molecule has 0 aliphatic carbocycles. The average molecular weight is 405 g/mol. The summed E-state index contributed by atoms with van der Waals surface area (Å²) in [5, 5.41) is 0.712. The van der Waals surface area contributed by atoms with Gasteiger partial charge in [0.1, 0.15) is 0 Å². The molecule has 2 aliphatic heterocycles. The number of piperazine rings is 1. The van der Waals surface area contributed by atoms with Crippen molar-refractivity contribution in [2.24, 2.45) is 0 Å². The first kappa shape index (κ1) is 18.5. The minimum Gasteiger partial charge on any atom is -0.454 e. The highest BCUT2D eigenvalue weighted by Crippen LogP contribution is 2.32. The molecule has 0 radical (unpaired) electrons. The van der Waals surface area contributed by atoms with E-state index in [9.17, 15) is 4.79 Å². The maximum atomic E-state index is 12.5. The lowest BCUT2D eigenvalue weighted by atomic mass is 10.1. The second-order valence-corrected chi connectivity index (χ2v) is 8.07. The maximum absolute atomic E-state index is 12.5. The SMILES string of the molecule is O=C(CSc1ccc(Cl)cc1)N1CCN(Cc2ccc3c(c2)OCO3)CC1. The van der Waals surface area contributed by atoms with Crippen LogP contribution in [-0.2, 0) is 11.3 Å². The molecule has 27 heavy (non-hydrogen) atoms. The highest BCUT2D eigenvalue weighted by atomic mass is 35.5. The highest BCUT2D eigenvalue weighted by molar-refractivity contribution is 8.00. The average Bonchev–Trinajstić information content (AvgIpc) is 3.16. The Balaban J connectivity index is 1.23. The predicted molar refractivity (Wildman–Crippen MR) is 107 cm³/mol. The lowest BCUT2D eigenvalue weighted by Gasteiger charge is -2.34. The quantitative estimate of drug-likeness (QED) is 0.713. The molecule has 0 N–H and O–H groups in total. The van der Waals surface area contributed by atoms with E-state index in [2.05, 4.69) is 11.0 Å². The third-order valence-corrected chi connectivity index (χ3v) is 5.99. The van der Waals surface area contributed by atoms with Crippen molar-refractivity contribution in [3.8, 4) is 11.5 Å². The predicted octanol–water partition coefficient (Wildman–Crippen LogP) is 3.51. The molecular weight excluding hydrogens is 384 g/mol. The number of fused-ring (bicyclic) bond motifs is 1. The van der Waals surface area contributed by atoms with Gasteiger partial charge in [-0.25, -0.2) is 0 Å². The lowest BCUT2D eigenvalue weighted by molar-refractivity contribution is -0.130. The van der Waals surface area contributed by atoms with Gasteiger partial charge in [-0.1, -0.05) is 17.7 Å². The Morgan fingerprint density at radius 3 is 2.52 bits per heavy atom. The number of hydrogen-bond acceptors (Lipinski definition) is 5. The van der Waals surface area contributed by atoms with E-state index in [0.29, 0.717) is 17.6 Å². The van der Waals surface area contributed by atoms with Crippen molar-refractivity contribution >= 4 is 29.3 Å². The fourth-order valence-corrected chi connectivity index (χ4v) is 4.15. The summed E-state index contributed by atoms with van der Waals surface area (Å²) in [4.78, 5) is 17.9. The summed E-state index contributed by atoms with van der Waals surface area (Å²) in [5.74, 6) is 2.29. The van der Waals surface area contributed by atoms with Crippen LogP contribution in [0.1, 0.15) is 5.56 Å². The molecular formula is C20H21ClN2O3S. The minimum absolute atomic E-state index is 0.192. The molecule has 1 fully saturated rings. The van der Waals surface area contributed by atoms with Crippen LogP contribution in [0, 0.1) is 0 Å². The van der Waals surface area contributed by atoms with Gasteiger partial charge in [0.15, 0.2) is 11.5 Å². The molecule has 2 heterocycles. The van der Waals surface area contributed by atoms with E-state index in [4.69, 9.17) is 21.1 Å². The number of benzene rings is 2. The van der Waals surface area contributed by atoms with Crippen molar-refractivity contribution in [2.45, 2.75) is 11.4 Å². The molecule has 2 aromatic carbocycles. The number of rotatable bonds is 5. The normalized spacial score (nSPS) is 16.6. The maximum Gasteiger partial charge on any atom is 0.233 e. The first-order valence-corrected chi connectivity index (χ1v) is 10.3. The molecule has 2 aliphatic rings. The summed E-state index contributed by atoms with van der Waals surface area (Å²) >= 11 is 7.45. The van der Waals surface area contributed by atoms with Crippen molar-refractivity contribution < 1.29 is 14.3 Å². The monoisotopic (exact) mass is 404 g/mol. The van der Waals surface area contributed by atoms with Gasteiger partial charge < -0.3 is 14.4 Å². The number of ether oxygens (including phenoxy) is 2. The van der Waals surface area contributed by atoms with Crippen LogP contribution < -0.4 is 9.47 Å². The molecule has 2 aromatic rings. The van der Waals surface area contributed by atoms with E-state index < -0.39 is 0 Å². The van der Waals surface area contributed by atoms with Crippen LogP contribution in [0.3, 0.4) is 0 Å². The van der Waals surface area contributed by atoms with Gasteiger partial charge in [-0.15, -0.1) is 11.8 Å². The molecule has 142 valence electrons. The third kappa shape index (κ3) is 4.69. The Kier molecular flexibility index (Phi) is 5.76. The molecule has 7 heteroatoms. The summed E-state index contributed by atoms with van der Waals surface area (Å²) in [5.41, 5.74) is 1.21. The van der Waals surface area contributed by atoms with Gasteiger partial charge in [-0.05, 0) is 42.0 Å². The molecule has 5 nitrogen and oxygen atoms in total. The summed E-state index contributed by atoms with van der Waals surface area (Å²) in [6.07, 6.45) is 0. The largest absolute Gasteiger partial charge is 0.454 e. The fourth-order valence-electron chi connectivity index (χ4n) is 3.22. The van der Waals surface area contributed by atoms with E-state index >= 15 is 0 Å².